The van der Waals surface area contributed by atoms with Crippen molar-refractivity contribution < 1.29 is 19.1 Å². The summed E-state index contributed by atoms with van der Waals surface area (Å²) in [6, 6.07) is 17.4. The first-order valence-corrected chi connectivity index (χ1v) is 20.9. The van der Waals surface area contributed by atoms with E-state index in [9.17, 15) is 9.59 Å². The molecule has 8 heteroatoms. The molecule has 4 heterocycles. The van der Waals surface area contributed by atoms with Gasteiger partial charge in [0.15, 0.2) is 5.78 Å². The van der Waals surface area contributed by atoms with Crippen LogP contribution in [0.15, 0.2) is 73.2 Å². The molecule has 290 valence electrons. The second-order valence-corrected chi connectivity index (χ2v) is 15.1. The average Bonchev–Trinajstić information content (AvgIpc) is 3.72. The van der Waals surface area contributed by atoms with E-state index in [1.165, 1.54) is 83.5 Å². The largest absolute Gasteiger partial charge is 0.465 e. The van der Waals surface area contributed by atoms with Gasteiger partial charge in [-0.1, -0.05) is 127 Å². The van der Waals surface area contributed by atoms with Crippen molar-refractivity contribution in [3.8, 4) is 33.8 Å². The summed E-state index contributed by atoms with van der Waals surface area (Å²) in [6.45, 7) is 3.83. The number of ether oxygens (including phenoxy) is 2. The maximum atomic E-state index is 13.9. The van der Waals surface area contributed by atoms with Gasteiger partial charge < -0.3 is 9.47 Å². The van der Waals surface area contributed by atoms with Crippen molar-refractivity contribution in [2.45, 2.75) is 129 Å². The lowest BCUT2D eigenvalue weighted by atomic mass is 9.85. The Bertz CT molecular complexity index is 1650. The number of aromatic nitrogens is 4. The first-order chi connectivity index (χ1) is 26.6. The van der Waals surface area contributed by atoms with E-state index in [-0.39, 0.29) is 24.3 Å². The van der Waals surface area contributed by atoms with Gasteiger partial charge in [-0.3, -0.25) is 24.7 Å². The first kappa shape index (κ1) is 41.0. The fraction of sp³-hybridized carbons (Fsp3) is 0.543. The van der Waals surface area contributed by atoms with Crippen molar-refractivity contribution in [1.29, 1.82) is 0 Å². The van der Waals surface area contributed by atoms with Gasteiger partial charge in [0.2, 0.25) is 0 Å². The predicted molar refractivity (Wildman–Crippen MR) is 217 cm³/mol. The number of Topliss-reactive ketones (excluding diaryl/α,β-unsaturated/α-hetero) is 1. The molecule has 3 aromatic heterocycles. The Morgan fingerprint density at radius 3 is 2.06 bits per heavy atom. The highest BCUT2D eigenvalue weighted by atomic mass is 16.5. The summed E-state index contributed by atoms with van der Waals surface area (Å²) >= 11 is 0. The second-order valence-electron chi connectivity index (χ2n) is 15.1. The minimum absolute atomic E-state index is 0.0212. The molecule has 1 aromatic carbocycles. The van der Waals surface area contributed by atoms with E-state index >= 15 is 0 Å². The number of hydrogen-bond donors (Lipinski definition) is 1. The number of aromatic amines is 1. The van der Waals surface area contributed by atoms with E-state index in [0.29, 0.717) is 37.5 Å². The fourth-order valence-electron chi connectivity index (χ4n) is 7.55. The number of rotatable bonds is 25. The Labute approximate surface area is 323 Å². The predicted octanol–water partition coefficient (Wildman–Crippen LogP) is 11.6. The van der Waals surface area contributed by atoms with Gasteiger partial charge in [-0.15, -0.1) is 0 Å². The molecule has 0 bridgehead atoms. The van der Waals surface area contributed by atoms with Gasteiger partial charge in [0.25, 0.3) is 0 Å². The third-order valence-corrected chi connectivity index (χ3v) is 10.9. The Kier molecular flexibility index (Phi) is 17.9. The smallest absolute Gasteiger partial charge is 0.305 e. The lowest BCUT2D eigenvalue weighted by Crippen LogP contribution is -2.27. The van der Waals surface area contributed by atoms with Crippen LogP contribution in [-0.2, 0) is 14.3 Å². The number of nitrogens with one attached hydrogen (secondary N) is 1. The summed E-state index contributed by atoms with van der Waals surface area (Å²) in [5, 5.41) is 7.36. The lowest BCUT2D eigenvalue weighted by Gasteiger charge is -2.26. The molecule has 1 aliphatic rings. The summed E-state index contributed by atoms with van der Waals surface area (Å²) in [6.07, 6.45) is 27.7. The second kappa shape index (κ2) is 23.6. The molecule has 4 aromatic rings. The van der Waals surface area contributed by atoms with E-state index in [1.807, 2.05) is 54.6 Å². The average molecular weight is 735 g/mol. The zero-order valence-corrected chi connectivity index (χ0v) is 32.6. The van der Waals surface area contributed by atoms with Crippen LogP contribution >= 0.6 is 0 Å². The van der Waals surface area contributed by atoms with E-state index in [1.54, 1.807) is 18.6 Å². The van der Waals surface area contributed by atoms with Gasteiger partial charge in [0, 0.05) is 48.7 Å². The van der Waals surface area contributed by atoms with Crippen molar-refractivity contribution in [1.82, 2.24) is 20.2 Å². The van der Waals surface area contributed by atoms with Crippen molar-refractivity contribution in [2.75, 3.05) is 19.8 Å². The van der Waals surface area contributed by atoms with Crippen LogP contribution in [0.1, 0.15) is 139 Å². The van der Waals surface area contributed by atoms with E-state index < -0.39 is 0 Å². The summed E-state index contributed by atoms with van der Waals surface area (Å²) in [4.78, 5) is 35.8. The SMILES string of the molecule is CCCCCCCCCCCCCCCCCC(=O)OCC(CC1CCOCC1)C(=O)c1ccc(-c2cc(-c3cn[nH]c3-c3ccccn3)ccn2)cc1. The minimum Gasteiger partial charge on any atom is -0.465 e. The van der Waals surface area contributed by atoms with Crippen LogP contribution in [0.5, 0.6) is 0 Å². The molecule has 1 atom stereocenters. The summed E-state index contributed by atoms with van der Waals surface area (Å²) in [5.41, 5.74) is 5.90. The molecule has 54 heavy (non-hydrogen) atoms. The fourth-order valence-corrected chi connectivity index (χ4v) is 7.55. The Balaban J connectivity index is 1.06. The van der Waals surface area contributed by atoms with Gasteiger partial charge in [-0.25, -0.2) is 0 Å². The molecule has 1 aliphatic heterocycles. The van der Waals surface area contributed by atoms with Gasteiger partial charge in [-0.05, 0) is 61.4 Å². The van der Waals surface area contributed by atoms with Crippen LogP contribution in [-0.4, -0.2) is 51.7 Å². The molecule has 1 N–H and O–H groups in total. The topological polar surface area (TPSA) is 107 Å². The van der Waals surface area contributed by atoms with Crippen LogP contribution in [0.3, 0.4) is 0 Å². The van der Waals surface area contributed by atoms with Crippen molar-refractivity contribution >= 4 is 11.8 Å². The molecule has 1 saturated heterocycles. The zero-order valence-electron chi connectivity index (χ0n) is 32.6. The maximum absolute atomic E-state index is 13.9. The minimum atomic E-state index is -0.378. The van der Waals surface area contributed by atoms with Crippen LogP contribution in [0.25, 0.3) is 33.8 Å². The molecule has 0 saturated carbocycles. The number of ketones is 1. The molecule has 0 aliphatic carbocycles. The normalized spacial score (nSPS) is 13.9. The monoisotopic (exact) mass is 734 g/mol. The molecule has 5 rings (SSSR count). The molecular formula is C46H62N4O4. The quantitative estimate of drug-likeness (QED) is 0.0410. The van der Waals surface area contributed by atoms with Gasteiger partial charge in [0.05, 0.1) is 29.2 Å². The number of nitrogens with zero attached hydrogens (tertiary/aromatic N) is 3. The molecule has 0 radical (unpaired) electrons. The lowest BCUT2D eigenvalue weighted by molar-refractivity contribution is -0.144. The van der Waals surface area contributed by atoms with E-state index in [0.717, 1.165) is 59.5 Å². The number of unbranched alkanes of at least 4 members (excludes halogenated alkanes) is 14. The number of esters is 1. The van der Waals surface area contributed by atoms with Gasteiger partial charge in [0.1, 0.15) is 6.61 Å². The maximum Gasteiger partial charge on any atom is 0.305 e. The van der Waals surface area contributed by atoms with Crippen molar-refractivity contribution in [2.24, 2.45) is 11.8 Å². The summed E-state index contributed by atoms with van der Waals surface area (Å²) in [5.74, 6) is -0.170. The standard InChI is InChI=1S/C46H62N4O4/c1-2-3-4-5-6-7-8-9-10-11-12-13-14-15-16-20-44(51)54-35-40(32-36-26-30-53-31-27-36)46(52)38-23-21-37(22-24-38)43-33-39(25-29-48-43)41-34-49-50-45(41)42-19-17-18-28-47-42/h17-19,21-25,28-29,33-34,36,40H,2-16,20,26-27,30-32,35H2,1H3,(H,49,50). The van der Waals surface area contributed by atoms with Crippen molar-refractivity contribution in [3.63, 3.8) is 0 Å². The van der Waals surface area contributed by atoms with Crippen molar-refractivity contribution in [3.05, 3.63) is 78.8 Å². The molecule has 0 amide bonds. The molecule has 1 fully saturated rings. The zero-order chi connectivity index (χ0) is 37.6. The number of pyridine rings is 2. The van der Waals surface area contributed by atoms with Gasteiger partial charge in [-0.2, -0.15) is 5.10 Å². The Hall–Kier alpha value is -4.17. The molecule has 1 unspecified atom stereocenters. The number of hydrogen-bond acceptors (Lipinski definition) is 7. The highest BCUT2D eigenvalue weighted by molar-refractivity contribution is 5.98. The molecule has 8 nitrogen and oxygen atoms in total. The highest BCUT2D eigenvalue weighted by Gasteiger charge is 2.27. The van der Waals surface area contributed by atoms with Crippen LogP contribution < -0.4 is 0 Å². The Morgan fingerprint density at radius 2 is 1.41 bits per heavy atom. The number of H-pyrrole nitrogens is 1. The van der Waals surface area contributed by atoms with Crippen LogP contribution in [0.4, 0.5) is 0 Å². The number of carbonyl (C=O) groups excluding carboxylic acids is 2. The van der Waals surface area contributed by atoms with Crippen LogP contribution in [0, 0.1) is 11.8 Å². The first-order valence-electron chi connectivity index (χ1n) is 20.9. The third kappa shape index (κ3) is 13.6. The Morgan fingerprint density at radius 1 is 0.759 bits per heavy atom. The van der Waals surface area contributed by atoms with Gasteiger partial charge >= 0.3 is 5.97 Å². The summed E-state index contributed by atoms with van der Waals surface area (Å²) < 4.78 is 11.4. The van der Waals surface area contributed by atoms with E-state index in [2.05, 4.69) is 27.1 Å². The third-order valence-electron chi connectivity index (χ3n) is 10.9. The molecule has 0 spiro atoms. The number of benzene rings is 1. The summed E-state index contributed by atoms with van der Waals surface area (Å²) in [7, 11) is 0. The number of carbonyl (C=O) groups is 2. The van der Waals surface area contributed by atoms with E-state index in [4.69, 9.17) is 9.47 Å². The van der Waals surface area contributed by atoms with Crippen LogP contribution in [0.2, 0.25) is 0 Å². The highest BCUT2D eigenvalue weighted by Crippen LogP contribution is 2.32. The molecular weight excluding hydrogens is 673 g/mol.